The molecule has 0 bridgehead atoms. The van der Waals surface area contributed by atoms with E-state index < -0.39 is 6.10 Å². The average molecular weight is 294 g/mol. The topological polar surface area (TPSA) is 74.5 Å². The van der Waals surface area contributed by atoms with Crippen molar-refractivity contribution in [3.63, 3.8) is 0 Å². The zero-order chi connectivity index (χ0) is 15.6. The molecule has 21 heavy (non-hydrogen) atoms. The summed E-state index contributed by atoms with van der Waals surface area (Å²) in [6.45, 7) is 8.49. The Labute approximate surface area is 126 Å². The first-order chi connectivity index (χ1) is 9.77. The van der Waals surface area contributed by atoms with E-state index in [1.807, 2.05) is 13.0 Å². The molecule has 3 N–H and O–H groups in total. The number of rotatable bonds is 4. The summed E-state index contributed by atoms with van der Waals surface area (Å²) in [5.41, 5.74) is 1.20. The van der Waals surface area contributed by atoms with E-state index in [1.54, 1.807) is 6.92 Å². The number of fused-ring (bicyclic) bond motifs is 1. The van der Waals surface area contributed by atoms with Crippen LogP contribution in [0.1, 0.15) is 56.7 Å². The van der Waals surface area contributed by atoms with Gasteiger partial charge in [-0.2, -0.15) is 0 Å². The third kappa shape index (κ3) is 4.24. The molecule has 0 saturated heterocycles. The van der Waals surface area contributed by atoms with E-state index in [0.717, 1.165) is 29.9 Å². The number of aryl methyl sites for hydroxylation is 1. The molecule has 1 aromatic rings. The van der Waals surface area contributed by atoms with Gasteiger partial charge in [0.05, 0.1) is 12.1 Å². The van der Waals surface area contributed by atoms with Crippen molar-refractivity contribution in [1.29, 1.82) is 0 Å². The third-order valence-corrected chi connectivity index (χ3v) is 3.89. The average Bonchev–Trinajstić information content (AvgIpc) is 2.67. The van der Waals surface area contributed by atoms with E-state index in [0.29, 0.717) is 13.0 Å². The van der Waals surface area contributed by atoms with Crippen molar-refractivity contribution in [2.45, 2.75) is 59.1 Å². The van der Waals surface area contributed by atoms with Gasteiger partial charge in [-0.1, -0.05) is 13.8 Å². The molecule has 0 aliphatic heterocycles. The van der Waals surface area contributed by atoms with Crippen LogP contribution in [0.4, 0.5) is 4.79 Å². The molecule has 1 aliphatic carbocycles. The Balaban J connectivity index is 2.00. The van der Waals surface area contributed by atoms with Crippen molar-refractivity contribution in [3.8, 4) is 0 Å². The van der Waals surface area contributed by atoms with Gasteiger partial charge in [-0.15, -0.1) is 0 Å². The smallest absolute Gasteiger partial charge is 0.315 e. The van der Waals surface area contributed by atoms with Crippen LogP contribution in [0.2, 0.25) is 0 Å². The Morgan fingerprint density at radius 3 is 2.95 bits per heavy atom. The number of amides is 2. The third-order valence-electron chi connectivity index (χ3n) is 3.89. The van der Waals surface area contributed by atoms with Crippen LogP contribution in [0.25, 0.3) is 0 Å². The molecule has 5 nitrogen and oxygen atoms in total. The molecule has 2 rings (SSSR count). The second kappa shape index (κ2) is 6.10. The number of furan rings is 1. The van der Waals surface area contributed by atoms with E-state index in [9.17, 15) is 9.90 Å². The van der Waals surface area contributed by atoms with Crippen molar-refractivity contribution in [2.24, 2.45) is 5.41 Å². The zero-order valence-corrected chi connectivity index (χ0v) is 13.3. The van der Waals surface area contributed by atoms with Gasteiger partial charge >= 0.3 is 6.03 Å². The fourth-order valence-electron chi connectivity index (χ4n) is 2.92. The predicted octanol–water partition coefficient (Wildman–Crippen LogP) is 2.67. The Bertz CT molecular complexity index is 506. The molecule has 5 heteroatoms. The number of urea groups is 1. The molecule has 2 atom stereocenters. The lowest BCUT2D eigenvalue weighted by Gasteiger charge is -2.34. The minimum atomic E-state index is -0.401. The summed E-state index contributed by atoms with van der Waals surface area (Å²) in [6, 6.07) is 1.81. The van der Waals surface area contributed by atoms with Gasteiger partial charge in [-0.3, -0.25) is 0 Å². The number of hydrogen-bond acceptors (Lipinski definition) is 3. The first-order valence-corrected chi connectivity index (χ1v) is 7.58. The Kier molecular flexibility index (Phi) is 4.61. The fourth-order valence-corrected chi connectivity index (χ4v) is 2.92. The van der Waals surface area contributed by atoms with Gasteiger partial charge in [0.2, 0.25) is 0 Å². The van der Waals surface area contributed by atoms with E-state index in [2.05, 4.69) is 24.5 Å². The van der Waals surface area contributed by atoms with Crippen LogP contribution in [0.15, 0.2) is 10.5 Å². The van der Waals surface area contributed by atoms with Crippen molar-refractivity contribution in [1.82, 2.24) is 10.6 Å². The van der Waals surface area contributed by atoms with Gasteiger partial charge in [0.25, 0.3) is 0 Å². The molecule has 0 aromatic carbocycles. The first-order valence-electron chi connectivity index (χ1n) is 7.58. The van der Waals surface area contributed by atoms with E-state index in [1.165, 1.54) is 0 Å². The van der Waals surface area contributed by atoms with Gasteiger partial charge in [-0.05, 0) is 38.2 Å². The second-order valence-corrected chi connectivity index (χ2v) is 6.87. The molecule has 1 aliphatic rings. The molecule has 0 fully saturated rings. The largest absolute Gasteiger partial charge is 0.466 e. The molecule has 2 unspecified atom stereocenters. The van der Waals surface area contributed by atoms with Crippen LogP contribution in [-0.4, -0.2) is 23.8 Å². The summed E-state index contributed by atoms with van der Waals surface area (Å²) >= 11 is 0. The van der Waals surface area contributed by atoms with Crippen LogP contribution in [0.3, 0.4) is 0 Å². The number of nitrogens with one attached hydrogen (secondary N) is 2. The maximum absolute atomic E-state index is 12.0. The molecular formula is C16H26N2O3. The van der Waals surface area contributed by atoms with Crippen molar-refractivity contribution < 1.29 is 14.3 Å². The number of aliphatic hydroxyl groups is 1. The van der Waals surface area contributed by atoms with Gasteiger partial charge in [0.1, 0.15) is 11.5 Å². The summed E-state index contributed by atoms with van der Waals surface area (Å²) in [5.74, 6) is 1.87. The summed E-state index contributed by atoms with van der Waals surface area (Å²) in [7, 11) is 0. The molecule has 0 radical (unpaired) electrons. The molecular weight excluding hydrogens is 268 g/mol. The minimum Gasteiger partial charge on any atom is -0.466 e. The molecule has 118 valence electrons. The number of hydrogen-bond donors (Lipinski definition) is 3. The quantitative estimate of drug-likeness (QED) is 0.799. The number of carbonyl (C=O) groups excluding carboxylic acids is 1. The molecule has 1 heterocycles. The lowest BCUT2D eigenvalue weighted by molar-refractivity contribution is 0.182. The lowest BCUT2D eigenvalue weighted by Crippen LogP contribution is -2.42. The highest BCUT2D eigenvalue weighted by Gasteiger charge is 2.35. The minimum absolute atomic E-state index is 0.0206. The van der Waals surface area contributed by atoms with E-state index >= 15 is 0 Å². The van der Waals surface area contributed by atoms with Gasteiger partial charge < -0.3 is 20.2 Å². The zero-order valence-electron chi connectivity index (χ0n) is 13.3. The van der Waals surface area contributed by atoms with E-state index in [-0.39, 0.29) is 17.5 Å². The van der Waals surface area contributed by atoms with Crippen LogP contribution < -0.4 is 10.6 Å². The predicted molar refractivity (Wildman–Crippen MR) is 81.1 cm³/mol. The fraction of sp³-hybridized carbons (Fsp3) is 0.688. The van der Waals surface area contributed by atoms with E-state index in [4.69, 9.17) is 4.42 Å². The van der Waals surface area contributed by atoms with Gasteiger partial charge in [0.15, 0.2) is 0 Å². The van der Waals surface area contributed by atoms with Crippen LogP contribution in [0.5, 0.6) is 0 Å². The molecule has 2 amide bonds. The standard InChI is InChI=1S/C16H26N2O3/c1-10(19)5-6-17-15(20)18-13-8-16(3,4)9-14-12(13)7-11(2)21-14/h7,10,13,19H,5-6,8-9H2,1-4H3,(H2,17,18,20). The van der Waals surface area contributed by atoms with Crippen LogP contribution >= 0.6 is 0 Å². The normalized spacial score (nSPS) is 21.5. The van der Waals surface area contributed by atoms with Crippen molar-refractivity contribution in [2.75, 3.05) is 6.54 Å². The summed E-state index contributed by atoms with van der Waals surface area (Å²) in [6.07, 6.45) is 1.95. The highest BCUT2D eigenvalue weighted by atomic mass is 16.3. The monoisotopic (exact) mass is 294 g/mol. The van der Waals surface area contributed by atoms with Gasteiger partial charge in [-0.25, -0.2) is 4.79 Å². The SMILES string of the molecule is Cc1cc2c(o1)CC(C)(C)CC2NC(=O)NCCC(C)O. The maximum atomic E-state index is 12.0. The van der Waals surface area contributed by atoms with Gasteiger partial charge in [0, 0.05) is 18.5 Å². The van der Waals surface area contributed by atoms with Crippen molar-refractivity contribution in [3.05, 3.63) is 23.2 Å². The Morgan fingerprint density at radius 1 is 1.57 bits per heavy atom. The van der Waals surface area contributed by atoms with Crippen LogP contribution in [-0.2, 0) is 6.42 Å². The molecule has 0 saturated carbocycles. The Hall–Kier alpha value is -1.49. The second-order valence-electron chi connectivity index (χ2n) is 6.87. The first kappa shape index (κ1) is 15.9. The number of aliphatic hydroxyl groups excluding tert-OH is 1. The molecule has 1 aromatic heterocycles. The summed E-state index contributed by atoms with van der Waals surface area (Å²) in [4.78, 5) is 12.0. The maximum Gasteiger partial charge on any atom is 0.315 e. The Morgan fingerprint density at radius 2 is 2.29 bits per heavy atom. The lowest BCUT2D eigenvalue weighted by atomic mass is 9.75. The number of carbonyl (C=O) groups is 1. The summed E-state index contributed by atoms with van der Waals surface area (Å²) < 4.78 is 5.76. The summed E-state index contributed by atoms with van der Waals surface area (Å²) in [5, 5.41) is 15.0. The van der Waals surface area contributed by atoms with Crippen molar-refractivity contribution >= 4 is 6.03 Å². The van der Waals surface area contributed by atoms with Crippen LogP contribution in [0, 0.1) is 12.3 Å². The highest BCUT2D eigenvalue weighted by molar-refractivity contribution is 5.74. The molecule has 0 spiro atoms. The highest BCUT2D eigenvalue weighted by Crippen LogP contribution is 2.41.